The zero-order valence-corrected chi connectivity index (χ0v) is 17.7. The maximum atomic E-state index is 13.1. The minimum atomic E-state index is -0.427. The van der Waals surface area contributed by atoms with E-state index in [-0.39, 0.29) is 42.0 Å². The number of piperidine rings is 1. The SMILES string of the molecule is CCOC(=O)[C@H]1CCCN(C(=O)Cn2cnc3onc(-c4ccc(Cl)cc4)c3c2=O)C1. The van der Waals surface area contributed by atoms with E-state index in [1.165, 1.54) is 10.9 Å². The number of halogens is 1. The molecule has 1 aliphatic heterocycles. The molecule has 1 aromatic carbocycles. The lowest BCUT2D eigenvalue weighted by Crippen LogP contribution is -2.45. The predicted molar refractivity (Wildman–Crippen MR) is 112 cm³/mol. The Morgan fingerprint density at radius 3 is 2.81 bits per heavy atom. The third-order valence-electron chi connectivity index (χ3n) is 5.28. The second-order valence-electron chi connectivity index (χ2n) is 7.33. The summed E-state index contributed by atoms with van der Waals surface area (Å²) in [4.78, 5) is 43.7. The van der Waals surface area contributed by atoms with Crippen LogP contribution in [0.2, 0.25) is 5.02 Å². The van der Waals surface area contributed by atoms with Crippen molar-refractivity contribution in [2.45, 2.75) is 26.3 Å². The van der Waals surface area contributed by atoms with Gasteiger partial charge < -0.3 is 14.2 Å². The van der Waals surface area contributed by atoms with Crippen LogP contribution < -0.4 is 5.56 Å². The molecule has 1 saturated heterocycles. The monoisotopic (exact) mass is 444 g/mol. The molecule has 0 radical (unpaired) electrons. The van der Waals surface area contributed by atoms with Crippen LogP contribution in [0.1, 0.15) is 19.8 Å². The molecule has 0 aliphatic carbocycles. The highest BCUT2D eigenvalue weighted by Gasteiger charge is 2.29. The van der Waals surface area contributed by atoms with E-state index in [2.05, 4.69) is 10.1 Å². The van der Waals surface area contributed by atoms with Crippen LogP contribution in [0.4, 0.5) is 0 Å². The average Bonchev–Trinajstić information content (AvgIpc) is 3.21. The van der Waals surface area contributed by atoms with Crippen molar-refractivity contribution in [3.63, 3.8) is 0 Å². The third-order valence-corrected chi connectivity index (χ3v) is 5.53. The number of carbonyl (C=O) groups excluding carboxylic acids is 2. The van der Waals surface area contributed by atoms with Gasteiger partial charge in [-0.25, -0.2) is 4.98 Å². The van der Waals surface area contributed by atoms with Crippen LogP contribution in [-0.2, 0) is 20.9 Å². The number of ether oxygens (including phenoxy) is 1. The van der Waals surface area contributed by atoms with Crippen molar-refractivity contribution in [2.75, 3.05) is 19.7 Å². The molecule has 0 saturated carbocycles. The molecule has 0 spiro atoms. The number of amides is 1. The van der Waals surface area contributed by atoms with Gasteiger partial charge in [-0.2, -0.15) is 0 Å². The Hall–Kier alpha value is -3.20. The largest absolute Gasteiger partial charge is 0.466 e. The second kappa shape index (κ2) is 8.89. The van der Waals surface area contributed by atoms with Gasteiger partial charge in [0.25, 0.3) is 11.3 Å². The molecule has 31 heavy (non-hydrogen) atoms. The van der Waals surface area contributed by atoms with Gasteiger partial charge in [0.05, 0.1) is 12.5 Å². The van der Waals surface area contributed by atoms with Crippen molar-refractivity contribution >= 4 is 34.6 Å². The van der Waals surface area contributed by atoms with Gasteiger partial charge in [-0.15, -0.1) is 0 Å². The molecule has 1 fully saturated rings. The summed E-state index contributed by atoms with van der Waals surface area (Å²) in [5, 5.41) is 4.72. The fraction of sp³-hybridized carbons (Fsp3) is 0.381. The van der Waals surface area contributed by atoms with Crippen LogP contribution in [0.25, 0.3) is 22.4 Å². The van der Waals surface area contributed by atoms with Crippen LogP contribution in [0, 0.1) is 5.92 Å². The number of fused-ring (bicyclic) bond motifs is 1. The standard InChI is InChI=1S/C21H21ClN4O5/c1-2-30-21(29)14-4-3-9-25(10-14)16(27)11-26-12-23-19-17(20(26)28)18(24-31-19)13-5-7-15(22)8-6-13/h5-8,12,14H,2-4,9-11H2,1H3/t14-/m0/s1. The second-order valence-corrected chi connectivity index (χ2v) is 7.76. The molecular weight excluding hydrogens is 424 g/mol. The summed E-state index contributed by atoms with van der Waals surface area (Å²) < 4.78 is 11.5. The summed E-state index contributed by atoms with van der Waals surface area (Å²) in [5.74, 6) is -0.899. The number of rotatable bonds is 5. The summed E-state index contributed by atoms with van der Waals surface area (Å²) in [7, 11) is 0. The van der Waals surface area contributed by atoms with Crippen LogP contribution in [0.5, 0.6) is 0 Å². The smallest absolute Gasteiger partial charge is 0.310 e. The fourth-order valence-electron chi connectivity index (χ4n) is 3.70. The Morgan fingerprint density at radius 2 is 2.06 bits per heavy atom. The zero-order chi connectivity index (χ0) is 22.0. The number of hydrogen-bond acceptors (Lipinski definition) is 7. The molecule has 0 unspecified atom stereocenters. The van der Waals surface area contributed by atoms with Gasteiger partial charge in [0, 0.05) is 23.7 Å². The highest BCUT2D eigenvalue weighted by Crippen LogP contribution is 2.25. The molecule has 1 atom stereocenters. The summed E-state index contributed by atoms with van der Waals surface area (Å²) in [6.45, 7) is 2.68. The highest BCUT2D eigenvalue weighted by atomic mass is 35.5. The molecular formula is C21H21ClN4O5. The number of nitrogens with zero attached hydrogens (tertiary/aromatic N) is 4. The Bertz CT molecular complexity index is 1170. The number of aromatic nitrogens is 3. The highest BCUT2D eigenvalue weighted by molar-refractivity contribution is 6.30. The third kappa shape index (κ3) is 4.32. The lowest BCUT2D eigenvalue weighted by atomic mass is 9.98. The number of esters is 1. The van der Waals surface area contributed by atoms with Crippen LogP contribution in [-0.4, -0.2) is 51.2 Å². The summed E-state index contributed by atoms with van der Waals surface area (Å²) in [6, 6.07) is 6.83. The molecule has 3 heterocycles. The summed E-state index contributed by atoms with van der Waals surface area (Å²) >= 11 is 5.93. The van der Waals surface area contributed by atoms with E-state index in [9.17, 15) is 14.4 Å². The number of benzene rings is 1. The molecule has 162 valence electrons. The van der Waals surface area contributed by atoms with Crippen molar-refractivity contribution in [3.05, 3.63) is 46.0 Å². The van der Waals surface area contributed by atoms with E-state index in [1.54, 1.807) is 36.1 Å². The minimum absolute atomic E-state index is 0.0963. The molecule has 2 aromatic heterocycles. The summed E-state index contributed by atoms with van der Waals surface area (Å²) in [5.41, 5.74) is 0.660. The molecule has 1 amide bonds. The average molecular weight is 445 g/mol. The van der Waals surface area contributed by atoms with Crippen LogP contribution in [0.3, 0.4) is 0 Å². The first-order valence-electron chi connectivity index (χ1n) is 10.0. The zero-order valence-electron chi connectivity index (χ0n) is 16.9. The first-order valence-corrected chi connectivity index (χ1v) is 10.4. The van der Waals surface area contributed by atoms with Gasteiger partial charge in [0.15, 0.2) is 0 Å². The van der Waals surface area contributed by atoms with Crippen LogP contribution >= 0.6 is 11.6 Å². The van der Waals surface area contributed by atoms with E-state index < -0.39 is 5.56 Å². The molecule has 1 aliphatic rings. The van der Waals surface area contributed by atoms with Crippen molar-refractivity contribution in [1.82, 2.24) is 19.6 Å². The first kappa shape index (κ1) is 21.0. The van der Waals surface area contributed by atoms with Crippen molar-refractivity contribution < 1.29 is 18.8 Å². The van der Waals surface area contributed by atoms with Crippen molar-refractivity contribution in [1.29, 1.82) is 0 Å². The van der Waals surface area contributed by atoms with Gasteiger partial charge in [0.1, 0.15) is 24.0 Å². The Morgan fingerprint density at radius 1 is 1.29 bits per heavy atom. The van der Waals surface area contributed by atoms with E-state index in [0.29, 0.717) is 42.3 Å². The molecule has 0 bridgehead atoms. The number of hydrogen-bond donors (Lipinski definition) is 0. The normalized spacial score (nSPS) is 16.5. The van der Waals surface area contributed by atoms with E-state index in [1.807, 2.05) is 0 Å². The molecule has 9 nitrogen and oxygen atoms in total. The molecule has 4 rings (SSSR count). The Balaban J connectivity index is 1.57. The van der Waals surface area contributed by atoms with Crippen molar-refractivity contribution in [3.8, 4) is 11.3 Å². The van der Waals surface area contributed by atoms with Gasteiger partial charge in [-0.05, 0) is 31.9 Å². The topological polar surface area (TPSA) is 108 Å². The number of carbonyl (C=O) groups is 2. The molecule has 3 aromatic rings. The van der Waals surface area contributed by atoms with Crippen molar-refractivity contribution in [2.24, 2.45) is 5.92 Å². The van der Waals surface area contributed by atoms with Gasteiger partial charge in [-0.1, -0.05) is 28.9 Å². The van der Waals surface area contributed by atoms with E-state index in [4.69, 9.17) is 20.9 Å². The lowest BCUT2D eigenvalue weighted by Gasteiger charge is -2.31. The maximum Gasteiger partial charge on any atom is 0.310 e. The maximum absolute atomic E-state index is 13.1. The molecule has 0 N–H and O–H groups in total. The Labute approximate surface area is 182 Å². The predicted octanol–water partition coefficient (Wildman–Crippen LogP) is 2.51. The molecule has 10 heteroatoms. The van der Waals surface area contributed by atoms with E-state index >= 15 is 0 Å². The van der Waals surface area contributed by atoms with E-state index in [0.717, 1.165) is 0 Å². The summed E-state index contributed by atoms with van der Waals surface area (Å²) in [6.07, 6.45) is 2.65. The fourth-order valence-corrected chi connectivity index (χ4v) is 3.83. The van der Waals surface area contributed by atoms with Crippen LogP contribution in [0.15, 0.2) is 39.9 Å². The number of likely N-dealkylation sites (tertiary alicyclic amines) is 1. The van der Waals surface area contributed by atoms with Gasteiger partial charge in [-0.3, -0.25) is 19.0 Å². The minimum Gasteiger partial charge on any atom is -0.466 e. The van der Waals surface area contributed by atoms with Gasteiger partial charge >= 0.3 is 5.97 Å². The quantitative estimate of drug-likeness (QED) is 0.556. The lowest BCUT2D eigenvalue weighted by molar-refractivity contribution is -0.151. The van der Waals surface area contributed by atoms with Gasteiger partial charge in [0.2, 0.25) is 5.91 Å². The Kier molecular flexibility index (Phi) is 6.03. The first-order chi connectivity index (χ1) is 15.0.